The largest absolute Gasteiger partial charge is 0.480 e. The lowest BCUT2D eigenvalue weighted by Crippen LogP contribution is -2.42. The van der Waals surface area contributed by atoms with Gasteiger partial charge in [0.2, 0.25) is 5.91 Å². The quantitative estimate of drug-likeness (QED) is 0.744. The van der Waals surface area contributed by atoms with Gasteiger partial charge >= 0.3 is 5.97 Å². The first kappa shape index (κ1) is 12.0. The van der Waals surface area contributed by atoms with Crippen molar-refractivity contribution in [3.8, 4) is 0 Å². The standard InChI is InChI=1S/C11H19NO3/c1-7-4-3-5-9(6-7)10(13)12-8(2)11(14)15/h7-9H,3-6H2,1-2H3,(H,12,13)(H,14,15)/t7?,8-,9?/m1/s1. The first-order valence-electron chi connectivity index (χ1n) is 5.54. The summed E-state index contributed by atoms with van der Waals surface area (Å²) in [5.41, 5.74) is 0. The van der Waals surface area contributed by atoms with Crippen LogP contribution < -0.4 is 5.32 Å². The highest BCUT2D eigenvalue weighted by Gasteiger charge is 2.26. The summed E-state index contributed by atoms with van der Waals surface area (Å²) in [6.45, 7) is 3.63. The Morgan fingerprint density at radius 3 is 2.60 bits per heavy atom. The Bertz CT molecular complexity index is 252. The summed E-state index contributed by atoms with van der Waals surface area (Å²) in [6, 6.07) is -0.783. The number of carboxylic acids is 1. The van der Waals surface area contributed by atoms with Crippen molar-refractivity contribution in [3.63, 3.8) is 0 Å². The Balaban J connectivity index is 2.42. The zero-order chi connectivity index (χ0) is 11.4. The number of nitrogens with one attached hydrogen (secondary N) is 1. The first-order chi connectivity index (χ1) is 7.00. The number of amides is 1. The van der Waals surface area contributed by atoms with Crippen LogP contribution in [0.2, 0.25) is 0 Å². The third-order valence-electron chi connectivity index (χ3n) is 3.04. The molecule has 4 nitrogen and oxygen atoms in total. The van der Waals surface area contributed by atoms with E-state index in [0.717, 1.165) is 19.3 Å². The smallest absolute Gasteiger partial charge is 0.325 e. The zero-order valence-electron chi connectivity index (χ0n) is 9.32. The van der Waals surface area contributed by atoms with Gasteiger partial charge in [-0.3, -0.25) is 9.59 Å². The average molecular weight is 213 g/mol. The number of carboxylic acid groups (broad SMARTS) is 1. The molecule has 0 aromatic carbocycles. The second-order valence-corrected chi connectivity index (χ2v) is 4.54. The van der Waals surface area contributed by atoms with E-state index in [2.05, 4.69) is 12.2 Å². The Hall–Kier alpha value is -1.06. The Kier molecular flexibility index (Phi) is 4.12. The molecule has 0 aromatic rings. The van der Waals surface area contributed by atoms with Crippen molar-refractivity contribution in [3.05, 3.63) is 0 Å². The van der Waals surface area contributed by atoms with Gasteiger partial charge in [0.15, 0.2) is 0 Å². The van der Waals surface area contributed by atoms with Crippen molar-refractivity contribution >= 4 is 11.9 Å². The van der Waals surface area contributed by atoms with Gasteiger partial charge in [-0.05, 0) is 25.7 Å². The molecule has 4 heteroatoms. The van der Waals surface area contributed by atoms with E-state index in [1.807, 2.05) is 0 Å². The second kappa shape index (κ2) is 5.14. The maximum absolute atomic E-state index is 11.7. The van der Waals surface area contributed by atoms with Gasteiger partial charge in [-0.1, -0.05) is 19.8 Å². The minimum Gasteiger partial charge on any atom is -0.480 e. The van der Waals surface area contributed by atoms with Crippen LogP contribution in [-0.2, 0) is 9.59 Å². The first-order valence-corrected chi connectivity index (χ1v) is 5.54. The zero-order valence-corrected chi connectivity index (χ0v) is 9.32. The van der Waals surface area contributed by atoms with Crippen molar-refractivity contribution in [2.24, 2.45) is 11.8 Å². The van der Waals surface area contributed by atoms with Crippen molar-refractivity contribution in [2.75, 3.05) is 0 Å². The molecule has 1 aliphatic carbocycles. The Labute approximate surface area is 90.0 Å². The van der Waals surface area contributed by atoms with Gasteiger partial charge < -0.3 is 10.4 Å². The van der Waals surface area contributed by atoms with Crippen LogP contribution in [0.5, 0.6) is 0 Å². The highest BCUT2D eigenvalue weighted by Crippen LogP contribution is 2.28. The molecule has 0 aliphatic heterocycles. The van der Waals surface area contributed by atoms with Crippen LogP contribution in [0.1, 0.15) is 39.5 Å². The number of hydrogen-bond donors (Lipinski definition) is 2. The summed E-state index contributed by atoms with van der Waals surface area (Å²) in [4.78, 5) is 22.3. The van der Waals surface area contributed by atoms with Crippen molar-refractivity contribution in [1.82, 2.24) is 5.32 Å². The number of hydrogen-bond acceptors (Lipinski definition) is 2. The second-order valence-electron chi connectivity index (χ2n) is 4.54. The molecule has 1 saturated carbocycles. The molecule has 1 rings (SSSR count). The SMILES string of the molecule is CC1CCCC(C(=O)N[C@H](C)C(=O)O)C1. The molecule has 0 heterocycles. The van der Waals surface area contributed by atoms with Gasteiger partial charge in [0, 0.05) is 5.92 Å². The lowest BCUT2D eigenvalue weighted by Gasteiger charge is -2.26. The van der Waals surface area contributed by atoms with Crippen molar-refractivity contribution < 1.29 is 14.7 Å². The lowest BCUT2D eigenvalue weighted by molar-refractivity contribution is -0.142. The number of aliphatic carboxylic acids is 1. The van der Waals surface area contributed by atoms with Gasteiger partial charge in [0.05, 0.1) is 0 Å². The van der Waals surface area contributed by atoms with Crippen LogP contribution >= 0.6 is 0 Å². The average Bonchev–Trinajstić information content (AvgIpc) is 2.17. The van der Waals surface area contributed by atoms with E-state index in [4.69, 9.17) is 5.11 Å². The molecule has 0 aromatic heterocycles. The topological polar surface area (TPSA) is 66.4 Å². The molecule has 1 fully saturated rings. The molecular formula is C11H19NO3. The Morgan fingerprint density at radius 2 is 2.07 bits per heavy atom. The molecule has 0 bridgehead atoms. The molecular weight excluding hydrogens is 194 g/mol. The molecule has 2 unspecified atom stereocenters. The number of carbonyl (C=O) groups is 2. The summed E-state index contributed by atoms with van der Waals surface area (Å²) in [6.07, 6.45) is 4.03. The van der Waals surface area contributed by atoms with E-state index in [1.54, 1.807) is 0 Å². The molecule has 86 valence electrons. The van der Waals surface area contributed by atoms with E-state index >= 15 is 0 Å². The van der Waals surface area contributed by atoms with E-state index < -0.39 is 12.0 Å². The van der Waals surface area contributed by atoms with Gasteiger partial charge in [-0.2, -0.15) is 0 Å². The fourth-order valence-electron chi connectivity index (χ4n) is 2.07. The molecule has 0 saturated heterocycles. The monoisotopic (exact) mass is 213 g/mol. The molecule has 2 N–H and O–H groups in total. The minimum absolute atomic E-state index is 0.00977. The number of carbonyl (C=O) groups excluding carboxylic acids is 1. The highest BCUT2D eigenvalue weighted by molar-refractivity contribution is 5.84. The van der Waals surface area contributed by atoms with Crippen molar-refractivity contribution in [1.29, 1.82) is 0 Å². The molecule has 1 aliphatic rings. The fourth-order valence-corrected chi connectivity index (χ4v) is 2.07. The minimum atomic E-state index is -0.979. The summed E-state index contributed by atoms with van der Waals surface area (Å²) in [5.74, 6) is -0.492. The predicted molar refractivity (Wildman–Crippen MR) is 56.4 cm³/mol. The molecule has 3 atom stereocenters. The number of rotatable bonds is 3. The maximum atomic E-state index is 11.7. The Morgan fingerprint density at radius 1 is 1.40 bits per heavy atom. The summed E-state index contributed by atoms with van der Waals surface area (Å²) < 4.78 is 0. The van der Waals surface area contributed by atoms with Crippen LogP contribution in [0.4, 0.5) is 0 Å². The van der Waals surface area contributed by atoms with Gasteiger partial charge in [-0.25, -0.2) is 0 Å². The van der Waals surface area contributed by atoms with Gasteiger partial charge in [0.25, 0.3) is 0 Å². The maximum Gasteiger partial charge on any atom is 0.325 e. The van der Waals surface area contributed by atoms with E-state index in [-0.39, 0.29) is 11.8 Å². The molecule has 1 amide bonds. The third-order valence-corrected chi connectivity index (χ3v) is 3.04. The van der Waals surface area contributed by atoms with Crippen LogP contribution in [0, 0.1) is 11.8 Å². The normalized spacial score (nSPS) is 28.1. The van der Waals surface area contributed by atoms with E-state index in [1.165, 1.54) is 13.3 Å². The third kappa shape index (κ3) is 3.53. The van der Waals surface area contributed by atoms with Crippen LogP contribution in [0.25, 0.3) is 0 Å². The summed E-state index contributed by atoms with van der Waals surface area (Å²) in [7, 11) is 0. The van der Waals surface area contributed by atoms with Gasteiger partial charge in [-0.15, -0.1) is 0 Å². The van der Waals surface area contributed by atoms with Crippen LogP contribution in [-0.4, -0.2) is 23.0 Å². The predicted octanol–water partition coefficient (Wildman–Crippen LogP) is 1.40. The van der Waals surface area contributed by atoms with Crippen molar-refractivity contribution in [2.45, 2.75) is 45.6 Å². The van der Waals surface area contributed by atoms with Gasteiger partial charge in [0.1, 0.15) is 6.04 Å². The molecule has 0 radical (unpaired) electrons. The summed E-state index contributed by atoms with van der Waals surface area (Å²) in [5, 5.41) is 11.2. The highest BCUT2D eigenvalue weighted by atomic mass is 16.4. The lowest BCUT2D eigenvalue weighted by atomic mass is 9.82. The fraction of sp³-hybridized carbons (Fsp3) is 0.818. The molecule has 0 spiro atoms. The van der Waals surface area contributed by atoms with Crippen LogP contribution in [0.3, 0.4) is 0 Å². The summed E-state index contributed by atoms with van der Waals surface area (Å²) >= 11 is 0. The molecule has 15 heavy (non-hydrogen) atoms. The van der Waals surface area contributed by atoms with E-state index in [0.29, 0.717) is 5.92 Å². The van der Waals surface area contributed by atoms with Crippen LogP contribution in [0.15, 0.2) is 0 Å². The van der Waals surface area contributed by atoms with E-state index in [9.17, 15) is 9.59 Å².